The van der Waals surface area contributed by atoms with Gasteiger partial charge in [0.05, 0.1) is 21.3 Å². The van der Waals surface area contributed by atoms with Crippen molar-refractivity contribution in [3.63, 3.8) is 0 Å². The maximum absolute atomic E-state index is 5.56. The number of allylic oxidation sites excluding steroid dienone is 1. The van der Waals surface area contributed by atoms with E-state index in [1.807, 2.05) is 18.2 Å². The van der Waals surface area contributed by atoms with Gasteiger partial charge in [0.25, 0.3) is 0 Å². The fourth-order valence-corrected chi connectivity index (χ4v) is 3.16. The van der Waals surface area contributed by atoms with Gasteiger partial charge in [-0.15, -0.1) is 0 Å². The Kier molecular flexibility index (Phi) is 3.80. The van der Waals surface area contributed by atoms with Crippen molar-refractivity contribution in [1.82, 2.24) is 0 Å². The van der Waals surface area contributed by atoms with Crippen LogP contribution in [-0.2, 0) is 0 Å². The van der Waals surface area contributed by atoms with E-state index in [0.29, 0.717) is 0 Å². The lowest BCUT2D eigenvalue weighted by atomic mass is 9.89. The van der Waals surface area contributed by atoms with Crippen LogP contribution in [0, 0.1) is 0 Å². The van der Waals surface area contributed by atoms with E-state index < -0.39 is 0 Å². The summed E-state index contributed by atoms with van der Waals surface area (Å²) in [6.07, 6.45) is 2.19. The summed E-state index contributed by atoms with van der Waals surface area (Å²) in [6, 6.07) is 12.3. The Morgan fingerprint density at radius 1 is 0.818 bits per heavy atom. The number of methoxy groups -OCH3 is 3. The second-order valence-corrected chi connectivity index (χ2v) is 5.40. The number of rotatable bonds is 4. The quantitative estimate of drug-likeness (QED) is 0.843. The first-order valence-electron chi connectivity index (χ1n) is 7.26. The first-order chi connectivity index (χ1) is 10.7. The molecule has 0 amide bonds. The third-order valence-electron chi connectivity index (χ3n) is 4.21. The molecule has 0 N–H and O–H groups in total. The lowest BCUT2D eigenvalue weighted by Gasteiger charge is -2.17. The SMILES string of the molecule is COc1ccc(C2C(C)=Cc3c2ccc(OC)c3OC)cc1. The fraction of sp³-hybridized carbons (Fsp3) is 0.263. The molecule has 1 aliphatic carbocycles. The number of hydrogen-bond acceptors (Lipinski definition) is 3. The molecule has 0 bridgehead atoms. The molecule has 1 atom stereocenters. The van der Waals surface area contributed by atoms with Crippen molar-refractivity contribution in [2.75, 3.05) is 21.3 Å². The minimum atomic E-state index is 0.251. The second kappa shape index (κ2) is 5.76. The molecule has 22 heavy (non-hydrogen) atoms. The average molecular weight is 296 g/mol. The van der Waals surface area contributed by atoms with Crippen molar-refractivity contribution in [1.29, 1.82) is 0 Å². The zero-order valence-electron chi connectivity index (χ0n) is 13.3. The first kappa shape index (κ1) is 14.5. The summed E-state index contributed by atoms with van der Waals surface area (Å²) >= 11 is 0. The highest BCUT2D eigenvalue weighted by molar-refractivity contribution is 5.75. The standard InChI is InChI=1S/C19H20O3/c1-12-11-16-15(9-10-17(21-3)19(16)22-4)18(12)13-5-7-14(20-2)8-6-13/h5-11,18H,1-4H3. The molecule has 0 saturated carbocycles. The van der Waals surface area contributed by atoms with Gasteiger partial charge in [-0.25, -0.2) is 0 Å². The van der Waals surface area contributed by atoms with Gasteiger partial charge in [0, 0.05) is 11.5 Å². The van der Waals surface area contributed by atoms with Crippen LogP contribution in [-0.4, -0.2) is 21.3 Å². The Bertz CT molecular complexity index is 714. The van der Waals surface area contributed by atoms with E-state index in [1.165, 1.54) is 16.7 Å². The zero-order valence-corrected chi connectivity index (χ0v) is 13.3. The van der Waals surface area contributed by atoms with Gasteiger partial charge >= 0.3 is 0 Å². The van der Waals surface area contributed by atoms with Crippen LogP contribution in [0.3, 0.4) is 0 Å². The van der Waals surface area contributed by atoms with Crippen LogP contribution in [0.25, 0.3) is 6.08 Å². The van der Waals surface area contributed by atoms with Gasteiger partial charge in [-0.2, -0.15) is 0 Å². The van der Waals surface area contributed by atoms with Crippen LogP contribution in [0.15, 0.2) is 42.0 Å². The van der Waals surface area contributed by atoms with Gasteiger partial charge in [-0.1, -0.05) is 29.8 Å². The van der Waals surface area contributed by atoms with Crippen LogP contribution in [0.4, 0.5) is 0 Å². The molecule has 1 unspecified atom stereocenters. The van der Waals surface area contributed by atoms with Crippen LogP contribution in [0.2, 0.25) is 0 Å². The molecular weight excluding hydrogens is 276 g/mol. The molecule has 2 aromatic carbocycles. The van der Waals surface area contributed by atoms with Crippen molar-refractivity contribution in [2.24, 2.45) is 0 Å². The van der Waals surface area contributed by atoms with E-state index in [0.717, 1.165) is 22.8 Å². The number of hydrogen-bond donors (Lipinski definition) is 0. The predicted molar refractivity (Wildman–Crippen MR) is 88.0 cm³/mol. The van der Waals surface area contributed by atoms with Crippen molar-refractivity contribution in [3.05, 3.63) is 58.7 Å². The lowest BCUT2D eigenvalue weighted by molar-refractivity contribution is 0.354. The van der Waals surface area contributed by atoms with Crippen molar-refractivity contribution in [2.45, 2.75) is 12.8 Å². The summed E-state index contributed by atoms with van der Waals surface area (Å²) in [4.78, 5) is 0. The first-order valence-corrected chi connectivity index (χ1v) is 7.26. The Labute approximate surface area is 131 Å². The van der Waals surface area contributed by atoms with Crippen molar-refractivity contribution in [3.8, 4) is 17.2 Å². The van der Waals surface area contributed by atoms with Crippen LogP contribution < -0.4 is 14.2 Å². The third-order valence-corrected chi connectivity index (χ3v) is 4.21. The molecular formula is C19H20O3. The number of fused-ring (bicyclic) bond motifs is 1. The van der Waals surface area contributed by atoms with Crippen molar-refractivity contribution >= 4 is 6.08 Å². The maximum atomic E-state index is 5.56. The molecule has 0 aromatic heterocycles. The van der Waals surface area contributed by atoms with Gasteiger partial charge in [0.15, 0.2) is 11.5 Å². The van der Waals surface area contributed by atoms with E-state index in [2.05, 4.69) is 31.2 Å². The van der Waals surface area contributed by atoms with E-state index in [4.69, 9.17) is 14.2 Å². The topological polar surface area (TPSA) is 27.7 Å². The molecule has 0 saturated heterocycles. The van der Waals surface area contributed by atoms with E-state index in [-0.39, 0.29) is 5.92 Å². The summed E-state index contributed by atoms with van der Waals surface area (Å²) < 4.78 is 16.2. The molecule has 0 radical (unpaired) electrons. The Hall–Kier alpha value is -2.42. The summed E-state index contributed by atoms with van der Waals surface area (Å²) in [6.45, 7) is 2.15. The maximum Gasteiger partial charge on any atom is 0.168 e. The number of benzene rings is 2. The van der Waals surface area contributed by atoms with E-state index in [1.54, 1.807) is 21.3 Å². The predicted octanol–water partition coefficient (Wildman–Crippen LogP) is 4.26. The highest BCUT2D eigenvalue weighted by Gasteiger charge is 2.28. The monoisotopic (exact) mass is 296 g/mol. The normalized spacial score (nSPS) is 16.0. The van der Waals surface area contributed by atoms with Crippen LogP contribution >= 0.6 is 0 Å². The Morgan fingerprint density at radius 2 is 1.55 bits per heavy atom. The zero-order chi connectivity index (χ0) is 15.7. The molecule has 0 fully saturated rings. The van der Waals surface area contributed by atoms with Gasteiger partial charge < -0.3 is 14.2 Å². The lowest BCUT2D eigenvalue weighted by Crippen LogP contribution is -2.01. The summed E-state index contributed by atoms with van der Waals surface area (Å²) in [5.74, 6) is 2.69. The van der Waals surface area contributed by atoms with Gasteiger partial charge in [0.1, 0.15) is 5.75 Å². The van der Waals surface area contributed by atoms with Crippen LogP contribution in [0.5, 0.6) is 17.2 Å². The summed E-state index contributed by atoms with van der Waals surface area (Å²) in [7, 11) is 5.03. The molecule has 2 aromatic rings. The largest absolute Gasteiger partial charge is 0.497 e. The highest BCUT2D eigenvalue weighted by Crippen LogP contribution is 2.47. The Balaban J connectivity index is 2.09. The highest BCUT2D eigenvalue weighted by atomic mass is 16.5. The molecule has 3 nitrogen and oxygen atoms in total. The Morgan fingerprint density at radius 3 is 2.14 bits per heavy atom. The third kappa shape index (κ3) is 2.23. The van der Waals surface area contributed by atoms with Gasteiger partial charge in [-0.05, 0) is 36.2 Å². The summed E-state index contributed by atoms with van der Waals surface area (Å²) in [5.41, 5.74) is 4.91. The minimum Gasteiger partial charge on any atom is -0.497 e. The molecule has 0 spiro atoms. The van der Waals surface area contributed by atoms with Gasteiger partial charge in [-0.3, -0.25) is 0 Å². The smallest absolute Gasteiger partial charge is 0.168 e. The summed E-state index contributed by atoms with van der Waals surface area (Å²) in [5, 5.41) is 0. The van der Waals surface area contributed by atoms with E-state index in [9.17, 15) is 0 Å². The average Bonchev–Trinajstić information content (AvgIpc) is 2.89. The van der Waals surface area contributed by atoms with Crippen LogP contribution in [0.1, 0.15) is 29.5 Å². The number of ether oxygens (including phenoxy) is 3. The minimum absolute atomic E-state index is 0.251. The van der Waals surface area contributed by atoms with Crippen molar-refractivity contribution < 1.29 is 14.2 Å². The van der Waals surface area contributed by atoms with E-state index >= 15 is 0 Å². The molecule has 0 heterocycles. The molecule has 114 valence electrons. The molecule has 3 rings (SSSR count). The van der Waals surface area contributed by atoms with Gasteiger partial charge in [0.2, 0.25) is 0 Å². The fourth-order valence-electron chi connectivity index (χ4n) is 3.16. The molecule has 3 heteroatoms. The second-order valence-electron chi connectivity index (χ2n) is 5.40. The molecule has 1 aliphatic rings. The molecule has 0 aliphatic heterocycles.